The lowest BCUT2D eigenvalue weighted by Gasteiger charge is -2.38. The van der Waals surface area contributed by atoms with E-state index in [1.165, 1.54) is 19.3 Å². The summed E-state index contributed by atoms with van der Waals surface area (Å²) in [5.41, 5.74) is -0.000789. The third-order valence-electron chi connectivity index (χ3n) is 5.49. The van der Waals surface area contributed by atoms with Gasteiger partial charge in [-0.2, -0.15) is 0 Å². The number of piperidine rings is 1. The minimum Gasteiger partial charge on any atom is -0.373 e. The zero-order valence-electron chi connectivity index (χ0n) is 16.8. The molecule has 0 atom stereocenters. The number of nitrogens with zero attached hydrogens (tertiary/aromatic N) is 2. The fourth-order valence-electron chi connectivity index (χ4n) is 3.96. The lowest BCUT2D eigenvalue weighted by atomic mass is 9.84. The predicted octanol–water partition coefficient (Wildman–Crippen LogP) is 3.55. The Bertz CT molecular complexity index is 416. The van der Waals surface area contributed by atoms with E-state index in [9.17, 15) is 0 Å². The Hall–Kier alpha value is -0.340. The Morgan fingerprint density at radius 3 is 2.54 bits per heavy atom. The van der Waals surface area contributed by atoms with Crippen molar-refractivity contribution >= 4 is 29.9 Å². The van der Waals surface area contributed by atoms with Crippen molar-refractivity contribution in [1.29, 1.82) is 0 Å². The van der Waals surface area contributed by atoms with Gasteiger partial charge in [0.1, 0.15) is 0 Å². The van der Waals surface area contributed by atoms with Crippen LogP contribution in [0.4, 0.5) is 0 Å². The average Bonchev–Trinajstić information content (AvgIpc) is 2.66. The molecule has 6 heteroatoms. The predicted molar refractivity (Wildman–Crippen MR) is 122 cm³/mol. The maximum absolute atomic E-state index is 6.28. The molecule has 2 aliphatic rings. The first-order valence-corrected chi connectivity index (χ1v) is 10.2. The molecule has 0 aromatic carbocycles. The fourth-order valence-corrected chi connectivity index (χ4v) is 3.96. The minimum absolute atomic E-state index is 0. The highest BCUT2D eigenvalue weighted by atomic mass is 127. The van der Waals surface area contributed by atoms with Crippen LogP contribution in [0.25, 0.3) is 0 Å². The third kappa shape index (κ3) is 7.72. The molecule has 1 heterocycles. The lowest BCUT2D eigenvalue weighted by molar-refractivity contribution is -0.0657. The van der Waals surface area contributed by atoms with Gasteiger partial charge in [-0.1, -0.05) is 32.3 Å². The number of aliphatic imine (C=N–C) groups is 1. The third-order valence-corrected chi connectivity index (χ3v) is 5.49. The maximum atomic E-state index is 6.28. The molecular weight excluding hydrogens is 439 g/mol. The van der Waals surface area contributed by atoms with E-state index < -0.39 is 0 Å². The number of nitrogens with one attached hydrogen (secondary N) is 2. The first-order valence-electron chi connectivity index (χ1n) is 10.2. The second-order valence-corrected chi connectivity index (χ2v) is 7.53. The number of hydrogen-bond donors (Lipinski definition) is 2. The van der Waals surface area contributed by atoms with Crippen molar-refractivity contribution in [3.8, 4) is 0 Å². The molecular formula is C20H39IN4O. The van der Waals surface area contributed by atoms with Crippen LogP contribution in [0, 0.1) is 0 Å². The van der Waals surface area contributed by atoms with Crippen LogP contribution >= 0.6 is 24.0 Å². The smallest absolute Gasteiger partial charge is 0.191 e. The van der Waals surface area contributed by atoms with Crippen molar-refractivity contribution in [1.82, 2.24) is 15.5 Å². The summed E-state index contributed by atoms with van der Waals surface area (Å²) >= 11 is 0. The van der Waals surface area contributed by atoms with Crippen molar-refractivity contribution in [3.63, 3.8) is 0 Å². The van der Waals surface area contributed by atoms with Gasteiger partial charge in [0.2, 0.25) is 0 Å². The standard InChI is InChI=1S/C20H38N4O.HI/c1-4-13-24-14-9-18(10-15-24)23-19(21-3)22-17-20(25-16-5-2)11-7-6-8-12-20;/h4,18H,1,5-17H2,2-3H3,(H2,21,22,23);1H. The van der Waals surface area contributed by atoms with Crippen LogP contribution in [-0.4, -0.2) is 62.3 Å². The number of ether oxygens (including phenoxy) is 1. The van der Waals surface area contributed by atoms with Crippen molar-refractivity contribution in [2.45, 2.75) is 69.9 Å². The van der Waals surface area contributed by atoms with Gasteiger partial charge >= 0.3 is 0 Å². The molecule has 2 fully saturated rings. The SMILES string of the molecule is C=CCN1CCC(NC(=NC)NCC2(OCCC)CCCCC2)CC1.I. The highest BCUT2D eigenvalue weighted by molar-refractivity contribution is 14.0. The Labute approximate surface area is 177 Å². The number of rotatable bonds is 8. The van der Waals surface area contributed by atoms with Crippen molar-refractivity contribution in [2.75, 3.05) is 39.8 Å². The van der Waals surface area contributed by atoms with E-state index >= 15 is 0 Å². The first-order chi connectivity index (χ1) is 12.2. The van der Waals surface area contributed by atoms with E-state index in [2.05, 4.69) is 34.0 Å². The van der Waals surface area contributed by atoms with Gasteiger partial charge in [-0.25, -0.2) is 0 Å². The van der Waals surface area contributed by atoms with Gasteiger partial charge in [-0.05, 0) is 32.1 Å². The monoisotopic (exact) mass is 478 g/mol. The van der Waals surface area contributed by atoms with Gasteiger partial charge < -0.3 is 15.4 Å². The molecule has 2 N–H and O–H groups in total. The molecule has 1 saturated carbocycles. The number of hydrogen-bond acceptors (Lipinski definition) is 3. The Balaban J connectivity index is 0.00000338. The Morgan fingerprint density at radius 2 is 1.96 bits per heavy atom. The van der Waals surface area contributed by atoms with Crippen LogP contribution in [0.3, 0.4) is 0 Å². The zero-order valence-corrected chi connectivity index (χ0v) is 19.1. The van der Waals surface area contributed by atoms with Gasteiger partial charge in [0.05, 0.1) is 5.60 Å². The molecule has 0 spiro atoms. The summed E-state index contributed by atoms with van der Waals surface area (Å²) in [6.07, 6.45) is 11.6. The fraction of sp³-hybridized carbons (Fsp3) is 0.850. The summed E-state index contributed by atoms with van der Waals surface area (Å²) in [5.74, 6) is 0.923. The van der Waals surface area contributed by atoms with Gasteiger partial charge in [0, 0.05) is 45.9 Å². The van der Waals surface area contributed by atoms with Gasteiger partial charge in [0.25, 0.3) is 0 Å². The van der Waals surface area contributed by atoms with Crippen LogP contribution in [-0.2, 0) is 4.74 Å². The Kier molecular flexibility index (Phi) is 11.8. The van der Waals surface area contributed by atoms with Crippen LogP contribution in [0.1, 0.15) is 58.3 Å². The highest BCUT2D eigenvalue weighted by Gasteiger charge is 2.33. The van der Waals surface area contributed by atoms with Crippen LogP contribution < -0.4 is 10.6 Å². The zero-order chi connectivity index (χ0) is 18.0. The van der Waals surface area contributed by atoms with E-state index in [1.54, 1.807) is 0 Å². The molecule has 5 nitrogen and oxygen atoms in total. The average molecular weight is 478 g/mol. The molecule has 0 bridgehead atoms. The summed E-state index contributed by atoms with van der Waals surface area (Å²) in [6.45, 7) is 11.0. The van der Waals surface area contributed by atoms with Crippen molar-refractivity contribution < 1.29 is 4.74 Å². The molecule has 0 amide bonds. The summed E-state index contributed by atoms with van der Waals surface area (Å²) in [4.78, 5) is 6.90. The van der Waals surface area contributed by atoms with Crippen molar-refractivity contribution in [3.05, 3.63) is 12.7 Å². The van der Waals surface area contributed by atoms with Gasteiger partial charge in [0.15, 0.2) is 5.96 Å². The second kappa shape index (κ2) is 12.9. The van der Waals surface area contributed by atoms with Crippen molar-refractivity contribution in [2.24, 2.45) is 4.99 Å². The summed E-state index contributed by atoms with van der Waals surface area (Å²) in [5, 5.41) is 7.17. The summed E-state index contributed by atoms with van der Waals surface area (Å²) < 4.78 is 6.28. The van der Waals surface area contributed by atoms with Gasteiger partial charge in [-0.15, -0.1) is 30.6 Å². The topological polar surface area (TPSA) is 48.9 Å². The molecule has 152 valence electrons. The Morgan fingerprint density at radius 1 is 1.27 bits per heavy atom. The molecule has 0 aromatic heterocycles. The molecule has 0 unspecified atom stereocenters. The van der Waals surface area contributed by atoms with Crippen LogP contribution in [0.15, 0.2) is 17.6 Å². The van der Waals surface area contributed by atoms with Crippen LogP contribution in [0.5, 0.6) is 0 Å². The van der Waals surface area contributed by atoms with E-state index in [-0.39, 0.29) is 29.6 Å². The molecule has 1 saturated heterocycles. The molecule has 1 aliphatic carbocycles. The van der Waals surface area contributed by atoms with E-state index in [4.69, 9.17) is 4.74 Å². The van der Waals surface area contributed by atoms with Gasteiger partial charge in [-0.3, -0.25) is 9.89 Å². The number of guanidine groups is 1. The highest BCUT2D eigenvalue weighted by Crippen LogP contribution is 2.31. The molecule has 26 heavy (non-hydrogen) atoms. The number of halogens is 1. The molecule has 2 rings (SSSR count). The maximum Gasteiger partial charge on any atom is 0.191 e. The van der Waals surface area contributed by atoms with Crippen LogP contribution in [0.2, 0.25) is 0 Å². The molecule has 0 aromatic rings. The lowest BCUT2D eigenvalue weighted by Crippen LogP contribution is -2.53. The quantitative estimate of drug-likeness (QED) is 0.243. The van der Waals surface area contributed by atoms with E-state index in [1.807, 2.05) is 13.1 Å². The number of likely N-dealkylation sites (tertiary alicyclic amines) is 1. The summed E-state index contributed by atoms with van der Waals surface area (Å²) in [6, 6.07) is 0.506. The minimum atomic E-state index is -0.000789. The molecule has 1 aliphatic heterocycles. The summed E-state index contributed by atoms with van der Waals surface area (Å²) in [7, 11) is 1.86. The first kappa shape index (κ1) is 23.7. The normalized spacial score (nSPS) is 21.7. The van der Waals surface area contributed by atoms with E-state index in [0.717, 1.165) is 70.8 Å². The van der Waals surface area contributed by atoms with E-state index in [0.29, 0.717) is 6.04 Å². The second-order valence-electron chi connectivity index (χ2n) is 7.53. The largest absolute Gasteiger partial charge is 0.373 e. The molecule has 0 radical (unpaired) electrons.